The Kier molecular flexibility index (Phi) is 18.8. The van der Waals surface area contributed by atoms with E-state index in [9.17, 15) is 18.6 Å². The number of aliphatic carboxylic acids is 2. The van der Waals surface area contributed by atoms with Gasteiger partial charge in [-0.15, -0.1) is 0 Å². The minimum atomic E-state index is -2.79. The molecule has 0 aliphatic heterocycles. The summed E-state index contributed by atoms with van der Waals surface area (Å²) in [5.74, 6) is -3.09. The van der Waals surface area contributed by atoms with Crippen molar-refractivity contribution in [2.24, 2.45) is 0 Å². The molecule has 0 rings (SSSR count). The molecule has 0 heterocycles. The number of carbonyl (C=O) groups excluding carboxylic acids is 1. The van der Waals surface area contributed by atoms with E-state index in [0.29, 0.717) is 12.8 Å². The van der Waals surface area contributed by atoms with Gasteiger partial charge >= 0.3 is 29.3 Å². The van der Waals surface area contributed by atoms with Gasteiger partial charge in [-0.05, 0) is 38.2 Å². The van der Waals surface area contributed by atoms with Crippen LogP contribution in [-0.2, 0) is 34.7 Å². The molecule has 0 fully saturated rings. The van der Waals surface area contributed by atoms with Crippen molar-refractivity contribution in [2.75, 3.05) is 0 Å². The summed E-state index contributed by atoms with van der Waals surface area (Å²) < 4.78 is 29.6. The number of carbonyl (C=O) groups is 3. The zero-order chi connectivity index (χ0) is 24.2. The topological polar surface area (TPSA) is 147 Å². The first-order chi connectivity index (χ1) is 15.3. The molecule has 3 atom stereocenters. The highest BCUT2D eigenvalue weighted by Gasteiger charge is 2.28. The molecule has 0 aromatic rings. The molecule has 3 N–H and O–H groups in total. The van der Waals surface area contributed by atoms with E-state index in [1.165, 1.54) is 0 Å². The van der Waals surface area contributed by atoms with Crippen LogP contribution in [0.1, 0.15) is 96.8 Å². The normalized spacial score (nSPS) is 14.2. The first kappa shape index (κ1) is 30.2. The SMILES string of the molecule is CCCCCCC[C@H](/C=C\CCCCCCCC(=O)O)OC(=O)C(CC(=O)O)OS(=O)O. The number of rotatable bonds is 21. The predicted molar refractivity (Wildman–Crippen MR) is 120 cm³/mol. The Morgan fingerprint density at radius 2 is 1.53 bits per heavy atom. The molecule has 0 saturated heterocycles. The monoisotopic (exact) mass is 478 g/mol. The van der Waals surface area contributed by atoms with Crippen LogP contribution in [0.3, 0.4) is 0 Å². The van der Waals surface area contributed by atoms with Crippen molar-refractivity contribution in [2.45, 2.75) is 109 Å². The highest BCUT2D eigenvalue weighted by Crippen LogP contribution is 2.15. The second-order valence-electron chi connectivity index (χ2n) is 7.71. The van der Waals surface area contributed by atoms with Crippen LogP contribution >= 0.6 is 0 Å². The fraction of sp³-hybridized carbons (Fsp3) is 0.773. The molecule has 0 bridgehead atoms. The fourth-order valence-corrected chi connectivity index (χ4v) is 3.45. The van der Waals surface area contributed by atoms with Gasteiger partial charge in [-0.2, -0.15) is 4.21 Å². The lowest BCUT2D eigenvalue weighted by Crippen LogP contribution is -2.32. The maximum absolute atomic E-state index is 12.3. The van der Waals surface area contributed by atoms with Crippen LogP contribution in [0, 0.1) is 0 Å². The lowest BCUT2D eigenvalue weighted by atomic mass is 10.1. The molecule has 9 nitrogen and oxygen atoms in total. The molecule has 0 aliphatic carbocycles. The summed E-state index contributed by atoms with van der Waals surface area (Å²) in [7, 11) is 0. The third-order valence-electron chi connectivity index (χ3n) is 4.79. The van der Waals surface area contributed by atoms with Crippen molar-refractivity contribution in [3.8, 4) is 0 Å². The van der Waals surface area contributed by atoms with Gasteiger partial charge in [0.15, 0.2) is 6.10 Å². The van der Waals surface area contributed by atoms with Crippen LogP contribution in [-0.4, -0.2) is 49.1 Å². The summed E-state index contributed by atoms with van der Waals surface area (Å²) in [5, 5.41) is 17.5. The van der Waals surface area contributed by atoms with E-state index in [0.717, 1.165) is 64.2 Å². The van der Waals surface area contributed by atoms with Crippen molar-refractivity contribution >= 4 is 29.3 Å². The van der Waals surface area contributed by atoms with Crippen LogP contribution in [0.15, 0.2) is 12.2 Å². The van der Waals surface area contributed by atoms with Crippen LogP contribution in [0.2, 0.25) is 0 Å². The van der Waals surface area contributed by atoms with E-state index in [1.54, 1.807) is 6.08 Å². The molecule has 0 radical (unpaired) electrons. The summed E-state index contributed by atoms with van der Waals surface area (Å²) in [6.45, 7) is 2.12. The highest BCUT2D eigenvalue weighted by atomic mass is 32.2. The van der Waals surface area contributed by atoms with E-state index in [1.807, 2.05) is 6.08 Å². The number of allylic oxidation sites excluding steroid dienone is 1. The zero-order valence-corrected chi connectivity index (χ0v) is 19.7. The largest absolute Gasteiger partial charge is 0.481 e. The van der Waals surface area contributed by atoms with Crippen LogP contribution in [0.5, 0.6) is 0 Å². The first-order valence-electron chi connectivity index (χ1n) is 11.3. The maximum atomic E-state index is 12.3. The molecular formula is C22H38O9S. The predicted octanol–water partition coefficient (Wildman–Crippen LogP) is 4.63. The van der Waals surface area contributed by atoms with Crippen molar-refractivity contribution < 1.29 is 42.3 Å². The number of carboxylic acids is 2. The quantitative estimate of drug-likeness (QED) is 0.0929. The van der Waals surface area contributed by atoms with Gasteiger partial charge in [-0.1, -0.05) is 57.9 Å². The Hall–Kier alpha value is -1.78. The first-order valence-corrected chi connectivity index (χ1v) is 12.4. The molecule has 0 saturated carbocycles. The second kappa shape index (κ2) is 19.9. The molecule has 10 heteroatoms. The lowest BCUT2D eigenvalue weighted by Gasteiger charge is -2.18. The molecule has 0 spiro atoms. The van der Waals surface area contributed by atoms with Crippen molar-refractivity contribution in [3.63, 3.8) is 0 Å². The third kappa shape index (κ3) is 18.9. The number of unbranched alkanes of at least 4 members (excludes halogenated alkanes) is 9. The molecule has 0 amide bonds. The van der Waals surface area contributed by atoms with Crippen molar-refractivity contribution in [3.05, 3.63) is 12.2 Å². The molecular weight excluding hydrogens is 440 g/mol. The van der Waals surface area contributed by atoms with Gasteiger partial charge in [0.05, 0.1) is 6.42 Å². The standard InChI is InChI=1S/C22H38O9S/c1-2-3-4-8-11-14-18(15-12-9-6-5-7-10-13-16-20(23)24)30-22(27)19(17-21(25)26)31-32(28)29/h12,15,18-19H,2-11,13-14,16-17H2,1H3,(H,23,24)(H,25,26)(H,28,29)/b15-12-/t18-,19?/m1/s1. The van der Waals surface area contributed by atoms with Crippen LogP contribution in [0.25, 0.3) is 0 Å². The average Bonchev–Trinajstić information content (AvgIpc) is 2.70. The van der Waals surface area contributed by atoms with Crippen molar-refractivity contribution in [1.29, 1.82) is 0 Å². The molecule has 2 unspecified atom stereocenters. The van der Waals surface area contributed by atoms with E-state index >= 15 is 0 Å². The number of ether oxygens (including phenoxy) is 1. The maximum Gasteiger partial charge on any atom is 0.338 e. The third-order valence-corrected chi connectivity index (χ3v) is 5.19. The van der Waals surface area contributed by atoms with Gasteiger partial charge in [-0.3, -0.25) is 18.3 Å². The Morgan fingerprint density at radius 3 is 2.16 bits per heavy atom. The molecule has 186 valence electrons. The Bertz CT molecular complexity index is 576. The van der Waals surface area contributed by atoms with E-state index in [-0.39, 0.29) is 6.42 Å². The summed E-state index contributed by atoms with van der Waals surface area (Å²) in [4.78, 5) is 33.7. The Morgan fingerprint density at radius 1 is 0.906 bits per heavy atom. The second-order valence-corrected chi connectivity index (χ2v) is 8.33. The molecule has 32 heavy (non-hydrogen) atoms. The smallest absolute Gasteiger partial charge is 0.338 e. The molecule has 0 aliphatic rings. The lowest BCUT2D eigenvalue weighted by molar-refractivity contribution is -0.159. The Labute approximate surface area is 193 Å². The summed E-state index contributed by atoms with van der Waals surface area (Å²) >= 11 is -2.79. The van der Waals surface area contributed by atoms with Gasteiger partial charge in [0, 0.05) is 6.42 Å². The average molecular weight is 479 g/mol. The van der Waals surface area contributed by atoms with E-state index in [2.05, 4.69) is 11.1 Å². The minimum Gasteiger partial charge on any atom is -0.481 e. The number of carboxylic acid groups (broad SMARTS) is 2. The van der Waals surface area contributed by atoms with E-state index in [4.69, 9.17) is 19.5 Å². The molecule has 0 aromatic carbocycles. The Balaban J connectivity index is 4.61. The highest BCUT2D eigenvalue weighted by molar-refractivity contribution is 7.74. The number of hydrogen-bond acceptors (Lipinski definition) is 6. The van der Waals surface area contributed by atoms with Crippen molar-refractivity contribution in [1.82, 2.24) is 0 Å². The number of hydrogen-bond donors (Lipinski definition) is 3. The minimum absolute atomic E-state index is 0.196. The van der Waals surface area contributed by atoms with Gasteiger partial charge < -0.3 is 14.9 Å². The van der Waals surface area contributed by atoms with Gasteiger partial charge in [0.25, 0.3) is 0 Å². The molecule has 0 aromatic heterocycles. The van der Waals surface area contributed by atoms with Crippen LogP contribution in [0.4, 0.5) is 0 Å². The van der Waals surface area contributed by atoms with Gasteiger partial charge in [0.1, 0.15) is 6.10 Å². The van der Waals surface area contributed by atoms with Gasteiger partial charge in [0.2, 0.25) is 0 Å². The summed E-state index contributed by atoms with van der Waals surface area (Å²) in [5.41, 5.74) is 0. The summed E-state index contributed by atoms with van der Waals surface area (Å²) in [6, 6.07) is 0. The van der Waals surface area contributed by atoms with E-state index < -0.39 is 47.9 Å². The fourth-order valence-electron chi connectivity index (χ4n) is 3.10. The van der Waals surface area contributed by atoms with Crippen LogP contribution < -0.4 is 0 Å². The number of esters is 1. The van der Waals surface area contributed by atoms with Gasteiger partial charge in [-0.25, -0.2) is 4.79 Å². The summed E-state index contributed by atoms with van der Waals surface area (Å²) in [6.07, 6.45) is 11.8. The zero-order valence-electron chi connectivity index (χ0n) is 18.9.